The molecule has 0 spiro atoms. The summed E-state index contributed by atoms with van der Waals surface area (Å²) >= 11 is 12.3. The van der Waals surface area contributed by atoms with Crippen molar-refractivity contribution >= 4 is 50.7 Å². The molecule has 3 rings (SSSR count). The molecule has 7 nitrogen and oxygen atoms in total. The zero-order valence-corrected chi connectivity index (χ0v) is 22.9. The van der Waals surface area contributed by atoms with Crippen LogP contribution < -0.4 is 9.62 Å². The Morgan fingerprint density at radius 3 is 2.08 bits per heavy atom. The zero-order valence-electron chi connectivity index (χ0n) is 20.6. The first-order valence-corrected chi connectivity index (χ1v) is 14.0. The van der Waals surface area contributed by atoms with Gasteiger partial charge in [0.25, 0.3) is 10.0 Å². The van der Waals surface area contributed by atoms with Crippen LogP contribution in [0.2, 0.25) is 10.0 Å². The van der Waals surface area contributed by atoms with Gasteiger partial charge in [-0.3, -0.25) is 13.9 Å². The van der Waals surface area contributed by atoms with Crippen LogP contribution in [-0.4, -0.2) is 44.3 Å². The molecule has 1 unspecified atom stereocenters. The quantitative estimate of drug-likeness (QED) is 0.351. The Bertz CT molecular complexity index is 1320. The van der Waals surface area contributed by atoms with Crippen LogP contribution in [0.15, 0.2) is 83.8 Å². The van der Waals surface area contributed by atoms with E-state index in [9.17, 15) is 18.0 Å². The number of sulfonamides is 1. The van der Waals surface area contributed by atoms with Crippen molar-refractivity contribution in [3.8, 4) is 0 Å². The number of carbonyl (C=O) groups is 2. The fourth-order valence-corrected chi connectivity index (χ4v) is 5.60. The summed E-state index contributed by atoms with van der Waals surface area (Å²) in [7, 11) is -4.16. The van der Waals surface area contributed by atoms with Gasteiger partial charge < -0.3 is 10.2 Å². The molecule has 0 aliphatic heterocycles. The largest absolute Gasteiger partial charge is 0.355 e. The lowest BCUT2D eigenvalue weighted by molar-refractivity contribution is -0.140. The number of hydrogen-bond acceptors (Lipinski definition) is 4. The van der Waals surface area contributed by atoms with Crippen molar-refractivity contribution in [3.63, 3.8) is 0 Å². The van der Waals surface area contributed by atoms with Gasteiger partial charge in [-0.1, -0.05) is 78.7 Å². The maximum absolute atomic E-state index is 13.9. The Morgan fingerprint density at radius 2 is 1.51 bits per heavy atom. The van der Waals surface area contributed by atoms with Crippen molar-refractivity contribution in [3.05, 3.63) is 94.5 Å². The first-order chi connectivity index (χ1) is 17.7. The Hall–Kier alpha value is -3.07. The SMILES string of the molecule is CCNC(=O)C(CC)N(Cc1ccccc1)C(=O)CN(c1ccc(Cl)c(Cl)c1)S(=O)(=O)c1ccccc1. The number of anilines is 1. The summed E-state index contributed by atoms with van der Waals surface area (Å²) in [6.45, 7) is 3.60. The van der Waals surface area contributed by atoms with Crippen LogP contribution in [0, 0.1) is 0 Å². The second kappa shape index (κ2) is 12.9. The lowest BCUT2D eigenvalue weighted by Crippen LogP contribution is -2.52. The van der Waals surface area contributed by atoms with Gasteiger partial charge in [0.05, 0.1) is 20.6 Å². The molecule has 3 aromatic carbocycles. The molecule has 0 aliphatic carbocycles. The average Bonchev–Trinajstić information content (AvgIpc) is 2.90. The van der Waals surface area contributed by atoms with Crippen LogP contribution >= 0.6 is 23.2 Å². The molecule has 2 amide bonds. The summed E-state index contributed by atoms with van der Waals surface area (Å²) in [6.07, 6.45) is 0.350. The third-order valence-corrected chi connectivity index (χ3v) is 8.26. The van der Waals surface area contributed by atoms with Crippen LogP contribution in [0.1, 0.15) is 25.8 Å². The van der Waals surface area contributed by atoms with Crippen LogP contribution in [0.4, 0.5) is 5.69 Å². The molecule has 10 heteroatoms. The van der Waals surface area contributed by atoms with Gasteiger partial charge in [0, 0.05) is 13.1 Å². The first kappa shape index (κ1) is 28.5. The summed E-state index contributed by atoms with van der Waals surface area (Å²) in [5.41, 5.74) is 0.989. The van der Waals surface area contributed by atoms with Crippen LogP contribution in [0.3, 0.4) is 0 Å². The van der Waals surface area contributed by atoms with Crippen molar-refractivity contribution in [2.24, 2.45) is 0 Å². The van der Waals surface area contributed by atoms with Crippen molar-refractivity contribution in [1.82, 2.24) is 10.2 Å². The number of likely N-dealkylation sites (N-methyl/N-ethyl adjacent to an activating group) is 1. The average molecular weight is 563 g/mol. The van der Waals surface area contributed by atoms with E-state index in [1.165, 1.54) is 35.2 Å². The van der Waals surface area contributed by atoms with Gasteiger partial charge in [-0.15, -0.1) is 0 Å². The van der Waals surface area contributed by atoms with Crippen molar-refractivity contribution in [1.29, 1.82) is 0 Å². The predicted molar refractivity (Wildman–Crippen MR) is 147 cm³/mol. The molecule has 1 N–H and O–H groups in total. The number of nitrogens with zero attached hydrogens (tertiary/aromatic N) is 2. The van der Waals surface area contributed by atoms with Gasteiger partial charge in [-0.2, -0.15) is 0 Å². The molecule has 37 heavy (non-hydrogen) atoms. The van der Waals surface area contributed by atoms with Crippen molar-refractivity contribution in [2.45, 2.75) is 37.8 Å². The third kappa shape index (κ3) is 7.03. The van der Waals surface area contributed by atoms with Crippen LogP contribution in [-0.2, 0) is 26.2 Å². The molecule has 0 saturated heterocycles. The third-order valence-electron chi connectivity index (χ3n) is 5.73. The Balaban J connectivity index is 2.06. The molecule has 0 fully saturated rings. The fraction of sp³-hybridized carbons (Fsp3) is 0.259. The topological polar surface area (TPSA) is 86.8 Å². The maximum atomic E-state index is 13.9. The molecule has 0 saturated carbocycles. The predicted octanol–water partition coefficient (Wildman–Crippen LogP) is 5.13. The smallest absolute Gasteiger partial charge is 0.264 e. The fourth-order valence-electron chi connectivity index (χ4n) is 3.88. The van der Waals surface area contributed by atoms with Crippen LogP contribution in [0.5, 0.6) is 0 Å². The van der Waals surface area contributed by atoms with E-state index >= 15 is 0 Å². The maximum Gasteiger partial charge on any atom is 0.264 e. The highest BCUT2D eigenvalue weighted by atomic mass is 35.5. The molecule has 3 aromatic rings. The molecule has 1 atom stereocenters. The van der Waals surface area contributed by atoms with Crippen LogP contribution in [0.25, 0.3) is 0 Å². The molecule has 0 bridgehead atoms. The second-order valence-corrected chi connectivity index (χ2v) is 10.9. The number of amides is 2. The Labute approximate surface area is 228 Å². The molecule has 196 valence electrons. The lowest BCUT2D eigenvalue weighted by Gasteiger charge is -2.33. The van der Waals surface area contributed by atoms with E-state index in [-0.39, 0.29) is 33.1 Å². The van der Waals surface area contributed by atoms with E-state index in [0.717, 1.165) is 9.87 Å². The highest BCUT2D eigenvalue weighted by Crippen LogP contribution is 2.31. The number of hydrogen-bond donors (Lipinski definition) is 1. The molecule has 0 aliphatic rings. The minimum absolute atomic E-state index is 0.0132. The van der Waals surface area contributed by atoms with E-state index in [0.29, 0.717) is 13.0 Å². The van der Waals surface area contributed by atoms with Crippen molar-refractivity contribution < 1.29 is 18.0 Å². The van der Waals surface area contributed by atoms with E-state index in [1.54, 1.807) is 25.1 Å². The van der Waals surface area contributed by atoms with Gasteiger partial charge in [-0.25, -0.2) is 8.42 Å². The lowest BCUT2D eigenvalue weighted by atomic mass is 10.1. The summed E-state index contributed by atoms with van der Waals surface area (Å²) < 4.78 is 28.4. The van der Waals surface area contributed by atoms with E-state index in [2.05, 4.69) is 5.32 Å². The first-order valence-electron chi connectivity index (χ1n) is 11.8. The minimum Gasteiger partial charge on any atom is -0.355 e. The second-order valence-electron chi connectivity index (χ2n) is 8.25. The molecular formula is C27H29Cl2N3O4S. The monoisotopic (exact) mass is 561 g/mol. The van der Waals surface area contributed by atoms with E-state index in [4.69, 9.17) is 23.2 Å². The molecular weight excluding hydrogens is 533 g/mol. The van der Waals surface area contributed by atoms with E-state index in [1.807, 2.05) is 37.3 Å². The number of halogens is 2. The number of rotatable bonds is 11. The number of benzene rings is 3. The van der Waals surface area contributed by atoms with Crippen molar-refractivity contribution in [2.75, 3.05) is 17.4 Å². The zero-order chi connectivity index (χ0) is 27.0. The summed E-state index contributed by atoms with van der Waals surface area (Å²) in [5, 5.41) is 3.18. The number of nitrogens with one attached hydrogen (secondary N) is 1. The normalized spacial score (nSPS) is 12.0. The number of carbonyl (C=O) groups excluding carboxylic acids is 2. The minimum atomic E-state index is -4.16. The van der Waals surface area contributed by atoms with Gasteiger partial charge in [-0.05, 0) is 49.2 Å². The summed E-state index contributed by atoms with van der Waals surface area (Å²) in [5.74, 6) is -0.839. The highest BCUT2D eigenvalue weighted by Gasteiger charge is 2.33. The van der Waals surface area contributed by atoms with Gasteiger partial charge in [0.1, 0.15) is 12.6 Å². The Morgan fingerprint density at radius 1 is 0.892 bits per heavy atom. The van der Waals surface area contributed by atoms with Gasteiger partial charge in [0.2, 0.25) is 11.8 Å². The molecule has 0 aromatic heterocycles. The molecule has 0 radical (unpaired) electrons. The highest BCUT2D eigenvalue weighted by molar-refractivity contribution is 7.92. The van der Waals surface area contributed by atoms with Gasteiger partial charge in [0.15, 0.2) is 0 Å². The van der Waals surface area contributed by atoms with Gasteiger partial charge >= 0.3 is 0 Å². The standard InChI is InChI=1S/C27H29Cl2N3O4S/c1-3-25(27(34)30-4-2)31(18-20-11-7-5-8-12-20)26(33)19-32(21-15-16-23(28)24(29)17-21)37(35,36)22-13-9-6-10-14-22/h5-17,25H,3-4,18-19H2,1-2H3,(H,30,34). The Kier molecular flexibility index (Phi) is 9.97. The van der Waals surface area contributed by atoms with E-state index < -0.39 is 28.5 Å². The molecule has 0 heterocycles. The summed E-state index contributed by atoms with van der Waals surface area (Å²) in [4.78, 5) is 28.2. The summed E-state index contributed by atoms with van der Waals surface area (Å²) in [6, 6.07) is 20.6.